The highest BCUT2D eigenvalue weighted by Gasteiger charge is 2.27. The van der Waals surface area contributed by atoms with Crippen LogP contribution in [-0.2, 0) is 11.3 Å². The van der Waals surface area contributed by atoms with Crippen molar-refractivity contribution < 1.29 is 4.79 Å². The average Bonchev–Trinajstić information content (AvgIpc) is 2.51. The fourth-order valence-corrected chi connectivity index (χ4v) is 3.18. The van der Waals surface area contributed by atoms with Gasteiger partial charge in [0.15, 0.2) is 0 Å². The molecule has 1 aromatic rings. The standard InChI is InChI=1S/C18H29N3O/c1-14-8-9-21(17(10-14)11-19)13-18(22)20(3)12-16-7-5-4-6-15(16)2/h4-7,14,17H,8-13,19H2,1-3H3. The van der Waals surface area contributed by atoms with E-state index in [0.29, 0.717) is 31.6 Å². The Labute approximate surface area is 134 Å². The number of carbonyl (C=O) groups excluding carboxylic acids is 1. The Kier molecular flexibility index (Phi) is 5.98. The molecule has 1 fully saturated rings. The summed E-state index contributed by atoms with van der Waals surface area (Å²) < 4.78 is 0. The van der Waals surface area contributed by atoms with Crippen molar-refractivity contribution >= 4 is 5.91 Å². The Morgan fingerprint density at radius 3 is 2.82 bits per heavy atom. The van der Waals surface area contributed by atoms with Gasteiger partial charge in [0.25, 0.3) is 0 Å². The summed E-state index contributed by atoms with van der Waals surface area (Å²) in [6.07, 6.45) is 2.26. The fraction of sp³-hybridized carbons (Fsp3) is 0.611. The topological polar surface area (TPSA) is 49.6 Å². The third-order valence-corrected chi connectivity index (χ3v) is 4.80. The zero-order valence-corrected chi connectivity index (χ0v) is 14.1. The molecule has 4 heteroatoms. The SMILES string of the molecule is Cc1ccccc1CN(C)C(=O)CN1CCC(C)CC1CN. The van der Waals surface area contributed by atoms with Crippen LogP contribution in [0.15, 0.2) is 24.3 Å². The Bertz CT molecular complexity index is 503. The second-order valence-corrected chi connectivity index (χ2v) is 6.67. The number of nitrogens with two attached hydrogens (primary N) is 1. The maximum Gasteiger partial charge on any atom is 0.236 e. The lowest BCUT2D eigenvalue weighted by atomic mass is 9.92. The number of hydrogen-bond donors (Lipinski definition) is 1. The first-order valence-electron chi connectivity index (χ1n) is 8.23. The molecule has 1 aromatic carbocycles. The fourth-order valence-electron chi connectivity index (χ4n) is 3.18. The quantitative estimate of drug-likeness (QED) is 0.905. The van der Waals surface area contributed by atoms with Crippen molar-refractivity contribution in [3.8, 4) is 0 Å². The molecule has 0 radical (unpaired) electrons. The molecule has 1 aliphatic heterocycles. The van der Waals surface area contributed by atoms with Crippen molar-refractivity contribution in [2.75, 3.05) is 26.7 Å². The molecule has 4 nitrogen and oxygen atoms in total. The van der Waals surface area contributed by atoms with Crippen LogP contribution in [0, 0.1) is 12.8 Å². The molecule has 0 saturated carbocycles. The molecule has 0 aliphatic carbocycles. The van der Waals surface area contributed by atoms with Gasteiger partial charge in [0.1, 0.15) is 0 Å². The van der Waals surface area contributed by atoms with E-state index >= 15 is 0 Å². The second kappa shape index (κ2) is 7.75. The first kappa shape index (κ1) is 17.0. The third-order valence-electron chi connectivity index (χ3n) is 4.80. The van der Waals surface area contributed by atoms with Crippen LogP contribution in [-0.4, -0.2) is 48.4 Å². The second-order valence-electron chi connectivity index (χ2n) is 6.67. The van der Waals surface area contributed by atoms with Gasteiger partial charge in [-0.2, -0.15) is 0 Å². The van der Waals surface area contributed by atoms with Gasteiger partial charge in [-0.1, -0.05) is 31.2 Å². The monoisotopic (exact) mass is 303 g/mol. The number of likely N-dealkylation sites (tertiary alicyclic amines) is 1. The van der Waals surface area contributed by atoms with Gasteiger partial charge in [0, 0.05) is 26.2 Å². The molecular weight excluding hydrogens is 274 g/mol. The maximum atomic E-state index is 12.5. The predicted octanol–water partition coefficient (Wildman–Crippen LogP) is 2.01. The first-order valence-corrected chi connectivity index (χ1v) is 8.23. The lowest BCUT2D eigenvalue weighted by molar-refractivity contribution is -0.132. The normalized spacial score (nSPS) is 22.5. The summed E-state index contributed by atoms with van der Waals surface area (Å²) in [5, 5.41) is 0. The summed E-state index contributed by atoms with van der Waals surface area (Å²) in [5.74, 6) is 0.890. The molecule has 1 amide bonds. The van der Waals surface area contributed by atoms with Gasteiger partial charge in [-0.3, -0.25) is 9.69 Å². The summed E-state index contributed by atoms with van der Waals surface area (Å²) in [6.45, 7) is 7.13. The third kappa shape index (κ3) is 4.31. The molecule has 122 valence electrons. The van der Waals surface area contributed by atoms with Crippen molar-refractivity contribution in [2.45, 2.75) is 39.3 Å². The molecule has 0 bridgehead atoms. The lowest BCUT2D eigenvalue weighted by Crippen LogP contribution is -2.50. The van der Waals surface area contributed by atoms with Crippen LogP contribution in [0.25, 0.3) is 0 Å². The number of likely N-dealkylation sites (N-methyl/N-ethyl adjacent to an activating group) is 1. The van der Waals surface area contributed by atoms with Crippen molar-refractivity contribution in [2.24, 2.45) is 11.7 Å². The minimum atomic E-state index is 0.177. The van der Waals surface area contributed by atoms with E-state index in [9.17, 15) is 4.79 Å². The molecule has 22 heavy (non-hydrogen) atoms. The van der Waals surface area contributed by atoms with Gasteiger partial charge in [0.2, 0.25) is 5.91 Å². The minimum absolute atomic E-state index is 0.177. The molecule has 0 aromatic heterocycles. The maximum absolute atomic E-state index is 12.5. The van der Waals surface area contributed by atoms with Crippen LogP contribution in [0.5, 0.6) is 0 Å². The highest BCUT2D eigenvalue weighted by molar-refractivity contribution is 5.78. The number of benzene rings is 1. The van der Waals surface area contributed by atoms with Crippen LogP contribution >= 0.6 is 0 Å². The summed E-state index contributed by atoms with van der Waals surface area (Å²) in [5.41, 5.74) is 8.32. The van der Waals surface area contributed by atoms with Gasteiger partial charge in [-0.15, -0.1) is 0 Å². The van der Waals surface area contributed by atoms with Crippen LogP contribution < -0.4 is 5.73 Å². The number of rotatable bonds is 5. The number of nitrogens with zero attached hydrogens (tertiary/aromatic N) is 2. The van der Waals surface area contributed by atoms with E-state index < -0.39 is 0 Å². The summed E-state index contributed by atoms with van der Waals surface area (Å²) in [4.78, 5) is 16.6. The molecule has 1 heterocycles. The molecular formula is C18H29N3O. The summed E-state index contributed by atoms with van der Waals surface area (Å²) in [6, 6.07) is 8.58. The Hall–Kier alpha value is -1.39. The molecule has 2 N–H and O–H groups in total. The van der Waals surface area contributed by atoms with Crippen LogP contribution in [0.3, 0.4) is 0 Å². The lowest BCUT2D eigenvalue weighted by Gasteiger charge is -2.38. The first-order chi connectivity index (χ1) is 10.5. The summed E-state index contributed by atoms with van der Waals surface area (Å²) in [7, 11) is 1.89. The smallest absolute Gasteiger partial charge is 0.236 e. The van der Waals surface area contributed by atoms with Crippen LogP contribution in [0.4, 0.5) is 0 Å². The Balaban J connectivity index is 1.92. The van der Waals surface area contributed by atoms with Crippen LogP contribution in [0.1, 0.15) is 30.9 Å². The number of aryl methyl sites for hydroxylation is 1. The highest BCUT2D eigenvalue weighted by atomic mass is 16.2. The van der Waals surface area contributed by atoms with Crippen molar-refractivity contribution in [1.82, 2.24) is 9.80 Å². The van der Waals surface area contributed by atoms with Crippen molar-refractivity contribution in [3.05, 3.63) is 35.4 Å². The zero-order valence-electron chi connectivity index (χ0n) is 14.1. The average molecular weight is 303 g/mol. The van der Waals surface area contributed by atoms with Gasteiger partial charge in [-0.05, 0) is 43.4 Å². The highest BCUT2D eigenvalue weighted by Crippen LogP contribution is 2.21. The van der Waals surface area contributed by atoms with Crippen molar-refractivity contribution in [3.63, 3.8) is 0 Å². The number of piperidine rings is 1. The van der Waals surface area contributed by atoms with E-state index in [4.69, 9.17) is 5.73 Å². The molecule has 2 atom stereocenters. The number of amides is 1. The Morgan fingerprint density at radius 1 is 1.41 bits per heavy atom. The number of hydrogen-bond acceptors (Lipinski definition) is 3. The van der Waals surface area contributed by atoms with Gasteiger partial charge < -0.3 is 10.6 Å². The largest absolute Gasteiger partial charge is 0.340 e. The van der Waals surface area contributed by atoms with Crippen LogP contribution in [0.2, 0.25) is 0 Å². The van der Waals surface area contributed by atoms with E-state index in [1.807, 2.05) is 24.1 Å². The number of carbonyl (C=O) groups is 1. The van der Waals surface area contributed by atoms with E-state index in [-0.39, 0.29) is 5.91 Å². The zero-order chi connectivity index (χ0) is 16.1. The van der Waals surface area contributed by atoms with E-state index in [1.54, 1.807) is 0 Å². The molecule has 1 aliphatic rings. The van der Waals surface area contributed by atoms with Gasteiger partial charge in [-0.25, -0.2) is 0 Å². The minimum Gasteiger partial charge on any atom is -0.340 e. The summed E-state index contributed by atoms with van der Waals surface area (Å²) >= 11 is 0. The Morgan fingerprint density at radius 2 is 2.14 bits per heavy atom. The van der Waals surface area contributed by atoms with E-state index in [2.05, 4.69) is 30.9 Å². The molecule has 1 saturated heterocycles. The van der Waals surface area contributed by atoms with Gasteiger partial charge >= 0.3 is 0 Å². The molecule has 0 spiro atoms. The molecule has 2 unspecified atom stereocenters. The van der Waals surface area contributed by atoms with Crippen molar-refractivity contribution in [1.29, 1.82) is 0 Å². The van der Waals surface area contributed by atoms with E-state index in [1.165, 1.54) is 11.1 Å². The molecule has 2 rings (SSSR count). The van der Waals surface area contributed by atoms with E-state index in [0.717, 1.165) is 19.4 Å². The predicted molar refractivity (Wildman–Crippen MR) is 90.5 cm³/mol. The van der Waals surface area contributed by atoms with Gasteiger partial charge in [0.05, 0.1) is 6.54 Å².